The van der Waals surface area contributed by atoms with Crippen LogP contribution in [-0.2, 0) is 4.79 Å². The van der Waals surface area contributed by atoms with Gasteiger partial charge in [0.1, 0.15) is 23.7 Å². The van der Waals surface area contributed by atoms with Crippen molar-refractivity contribution < 1.29 is 13.9 Å². The molecule has 1 amide bonds. The molecule has 0 bridgehead atoms. The first-order valence-electron chi connectivity index (χ1n) is 12.4. The van der Waals surface area contributed by atoms with Crippen LogP contribution in [0.3, 0.4) is 0 Å². The minimum atomic E-state index is -0.325. The molecule has 7 nitrogen and oxygen atoms in total. The molecule has 1 saturated carbocycles. The number of nitrogens with one attached hydrogen (secondary N) is 2. The molecule has 2 fully saturated rings. The van der Waals surface area contributed by atoms with E-state index >= 15 is 0 Å². The Morgan fingerprint density at radius 1 is 1.25 bits per heavy atom. The van der Waals surface area contributed by atoms with Crippen molar-refractivity contribution >= 4 is 34.0 Å². The Morgan fingerprint density at radius 3 is 2.75 bits per heavy atom. The van der Waals surface area contributed by atoms with Crippen LogP contribution in [0.15, 0.2) is 49.3 Å². The molecule has 0 atom stereocenters. The van der Waals surface area contributed by atoms with Gasteiger partial charge >= 0.3 is 0 Å². The van der Waals surface area contributed by atoms with E-state index in [0.717, 1.165) is 0 Å². The van der Waals surface area contributed by atoms with Gasteiger partial charge in [-0.2, -0.15) is 0 Å². The van der Waals surface area contributed by atoms with Crippen molar-refractivity contribution in [1.29, 1.82) is 0 Å². The molecule has 5 rings (SSSR count). The molecular formula is C28H32FN5O2. The molecule has 2 N–H and O–H groups in total. The van der Waals surface area contributed by atoms with Crippen LogP contribution in [0.4, 0.5) is 21.6 Å². The number of piperidine rings is 1. The van der Waals surface area contributed by atoms with Crippen molar-refractivity contribution in [3.05, 3.63) is 60.7 Å². The number of aromatic nitrogens is 2. The maximum absolute atomic E-state index is 13.7. The lowest BCUT2D eigenvalue weighted by atomic mass is 9.58. The normalized spacial score (nSPS) is 17.5. The minimum Gasteiger partial charge on any atom is -0.491 e. The zero-order chi connectivity index (χ0) is 25.3. The highest BCUT2D eigenvalue weighted by Gasteiger charge is 2.45. The molecule has 1 spiro atoms. The number of amides is 1. The first-order chi connectivity index (χ1) is 17.3. The monoisotopic (exact) mass is 489 g/mol. The molecule has 3 aromatic rings. The summed E-state index contributed by atoms with van der Waals surface area (Å²) in [5.74, 6) is 1.04. The van der Waals surface area contributed by atoms with Gasteiger partial charge in [-0.05, 0) is 100.0 Å². The van der Waals surface area contributed by atoms with Crippen LogP contribution in [0.25, 0.3) is 10.9 Å². The number of hydrogen-bond acceptors (Lipinski definition) is 6. The van der Waals surface area contributed by atoms with Gasteiger partial charge in [0.25, 0.3) is 0 Å². The van der Waals surface area contributed by atoms with Gasteiger partial charge in [-0.3, -0.25) is 4.79 Å². The van der Waals surface area contributed by atoms with Crippen LogP contribution < -0.4 is 15.4 Å². The van der Waals surface area contributed by atoms with Gasteiger partial charge in [0.2, 0.25) is 5.91 Å². The summed E-state index contributed by atoms with van der Waals surface area (Å²) in [6.07, 6.45) is 7.61. The predicted molar refractivity (Wildman–Crippen MR) is 140 cm³/mol. The van der Waals surface area contributed by atoms with Gasteiger partial charge < -0.3 is 20.3 Å². The minimum absolute atomic E-state index is 0.266. The summed E-state index contributed by atoms with van der Waals surface area (Å²) in [7, 11) is 2.19. The molecule has 1 saturated heterocycles. The summed E-state index contributed by atoms with van der Waals surface area (Å²) in [6.45, 7) is 8.22. The van der Waals surface area contributed by atoms with Gasteiger partial charge in [0, 0.05) is 17.1 Å². The molecule has 2 aliphatic rings. The van der Waals surface area contributed by atoms with Crippen LogP contribution in [0.1, 0.15) is 31.2 Å². The van der Waals surface area contributed by atoms with E-state index in [2.05, 4.69) is 39.1 Å². The Hall–Kier alpha value is -3.52. The summed E-state index contributed by atoms with van der Waals surface area (Å²) in [6, 6.07) is 8.44. The third-order valence-corrected chi connectivity index (χ3v) is 7.57. The molecule has 1 aliphatic carbocycles. The smallest absolute Gasteiger partial charge is 0.247 e. The molecular weight excluding hydrogens is 457 g/mol. The lowest BCUT2D eigenvalue weighted by Crippen LogP contribution is -2.47. The van der Waals surface area contributed by atoms with E-state index < -0.39 is 0 Å². The van der Waals surface area contributed by atoms with Crippen LogP contribution in [0, 0.1) is 24.1 Å². The molecule has 8 heteroatoms. The van der Waals surface area contributed by atoms with Gasteiger partial charge in [0.05, 0.1) is 17.8 Å². The molecule has 0 unspecified atom stereocenters. The fourth-order valence-corrected chi connectivity index (χ4v) is 5.44. The lowest BCUT2D eigenvalue weighted by Gasteiger charge is -2.51. The second-order valence-corrected chi connectivity index (χ2v) is 10.3. The average Bonchev–Trinajstić information content (AvgIpc) is 2.85. The SMILES string of the molecule is C=CC(=O)Nc1cc2c(Nc3ccc(F)c(C)c3)ncnc2cc1OCC1CC2(CCN(C)CC2)C1. The maximum Gasteiger partial charge on any atom is 0.247 e. The molecule has 0 radical (unpaired) electrons. The molecule has 1 aliphatic heterocycles. The van der Waals surface area contributed by atoms with Gasteiger partial charge in [-0.15, -0.1) is 0 Å². The fourth-order valence-electron chi connectivity index (χ4n) is 5.44. The largest absolute Gasteiger partial charge is 0.491 e. The van der Waals surface area contributed by atoms with E-state index in [1.165, 1.54) is 57.2 Å². The Morgan fingerprint density at radius 2 is 2.03 bits per heavy atom. The highest BCUT2D eigenvalue weighted by Crippen LogP contribution is 2.52. The zero-order valence-corrected chi connectivity index (χ0v) is 20.8. The number of rotatable bonds is 7. The average molecular weight is 490 g/mol. The maximum atomic E-state index is 13.7. The van der Waals surface area contributed by atoms with E-state index in [9.17, 15) is 9.18 Å². The second-order valence-electron chi connectivity index (χ2n) is 10.3. The Balaban J connectivity index is 1.37. The summed E-state index contributed by atoms with van der Waals surface area (Å²) < 4.78 is 20.0. The van der Waals surface area contributed by atoms with Crippen molar-refractivity contribution in [2.75, 3.05) is 37.4 Å². The van der Waals surface area contributed by atoms with Crippen LogP contribution in [-0.4, -0.2) is 47.5 Å². The van der Waals surface area contributed by atoms with Crippen molar-refractivity contribution in [1.82, 2.24) is 14.9 Å². The van der Waals surface area contributed by atoms with Gasteiger partial charge in [0.15, 0.2) is 0 Å². The molecule has 2 aromatic carbocycles. The first-order valence-corrected chi connectivity index (χ1v) is 12.4. The number of fused-ring (bicyclic) bond motifs is 1. The number of hydrogen-bond donors (Lipinski definition) is 2. The summed E-state index contributed by atoms with van der Waals surface area (Å²) >= 11 is 0. The van der Waals surface area contributed by atoms with Crippen LogP contribution in [0.2, 0.25) is 0 Å². The first kappa shape index (κ1) is 24.2. The number of anilines is 3. The lowest BCUT2D eigenvalue weighted by molar-refractivity contribution is -0.111. The highest BCUT2D eigenvalue weighted by molar-refractivity contribution is 6.03. The van der Waals surface area contributed by atoms with E-state index in [4.69, 9.17) is 4.74 Å². The zero-order valence-electron chi connectivity index (χ0n) is 20.8. The van der Waals surface area contributed by atoms with Crippen LogP contribution >= 0.6 is 0 Å². The van der Waals surface area contributed by atoms with Crippen LogP contribution in [0.5, 0.6) is 5.75 Å². The molecule has 36 heavy (non-hydrogen) atoms. The third-order valence-electron chi connectivity index (χ3n) is 7.57. The number of ether oxygens (including phenoxy) is 1. The van der Waals surface area contributed by atoms with E-state index in [1.807, 2.05) is 12.1 Å². The number of likely N-dealkylation sites (tertiary alicyclic amines) is 1. The van der Waals surface area contributed by atoms with Crippen molar-refractivity contribution in [2.45, 2.75) is 32.6 Å². The number of halogens is 1. The molecule has 188 valence electrons. The van der Waals surface area contributed by atoms with Crippen molar-refractivity contribution in [2.24, 2.45) is 11.3 Å². The third kappa shape index (κ3) is 5.04. The molecule has 1 aromatic heterocycles. The van der Waals surface area contributed by atoms with Crippen molar-refractivity contribution in [3.63, 3.8) is 0 Å². The number of benzene rings is 2. The number of carbonyl (C=O) groups is 1. The van der Waals surface area contributed by atoms with E-state index in [0.29, 0.717) is 57.3 Å². The highest BCUT2D eigenvalue weighted by atomic mass is 19.1. The quantitative estimate of drug-likeness (QED) is 0.430. The van der Waals surface area contributed by atoms with E-state index in [-0.39, 0.29) is 11.7 Å². The predicted octanol–water partition coefficient (Wildman–Crippen LogP) is 5.45. The Kier molecular flexibility index (Phi) is 6.62. The Labute approximate surface area is 210 Å². The topological polar surface area (TPSA) is 79.4 Å². The summed E-state index contributed by atoms with van der Waals surface area (Å²) in [5, 5.41) is 6.81. The summed E-state index contributed by atoms with van der Waals surface area (Å²) in [5.41, 5.74) is 2.94. The number of carbonyl (C=O) groups excluding carboxylic acids is 1. The number of nitrogens with zero attached hydrogens (tertiary/aromatic N) is 3. The Bertz CT molecular complexity index is 1290. The number of aryl methyl sites for hydroxylation is 1. The molecule has 2 heterocycles. The fraction of sp³-hybridized carbons (Fsp3) is 0.393. The summed E-state index contributed by atoms with van der Waals surface area (Å²) in [4.78, 5) is 23.4. The standard InChI is InChI=1S/C28H32FN5O2/c1-4-26(35)33-24-12-21-23(30-17-31-27(21)32-20-5-6-22(29)18(2)11-20)13-25(24)36-16-19-14-28(15-19)7-9-34(3)10-8-28/h4-6,11-13,17,19H,1,7-10,14-16H2,2-3H3,(H,33,35)(H,30,31,32). The van der Waals surface area contributed by atoms with Gasteiger partial charge in [-0.25, -0.2) is 14.4 Å². The van der Waals surface area contributed by atoms with E-state index in [1.54, 1.807) is 19.1 Å². The second kappa shape index (κ2) is 9.85. The van der Waals surface area contributed by atoms with Crippen molar-refractivity contribution in [3.8, 4) is 5.75 Å². The van der Waals surface area contributed by atoms with Gasteiger partial charge in [-0.1, -0.05) is 6.58 Å².